The minimum Gasteiger partial charge on any atom is -0.0715 e. The lowest BCUT2D eigenvalue weighted by Gasteiger charge is -2.39. The average molecular weight is 215 g/mol. The van der Waals surface area contributed by atoms with Gasteiger partial charge in [0, 0.05) is 36.6 Å². The van der Waals surface area contributed by atoms with Gasteiger partial charge in [-0.15, -0.1) is 0 Å². The van der Waals surface area contributed by atoms with Crippen molar-refractivity contribution in [3.63, 3.8) is 0 Å². The Morgan fingerprint density at radius 2 is 0.909 bits per heavy atom. The zero-order valence-corrected chi connectivity index (χ0v) is 12.5. The predicted octanol–water partition coefficient (Wildman–Crippen LogP) is 2.19. The molecule has 0 bridgehead atoms. The standard InChI is InChI=1S/C7H18Si4/c1-9(2)7(8,10(3)4)11(5)6/h1-6H3. The van der Waals surface area contributed by atoms with E-state index < -0.39 is 0 Å². The molecule has 0 spiro atoms. The molecule has 0 amide bonds. The van der Waals surface area contributed by atoms with Crippen molar-refractivity contribution >= 4 is 36.6 Å². The van der Waals surface area contributed by atoms with Gasteiger partial charge in [-0.1, -0.05) is 43.2 Å². The molecule has 0 aromatic carbocycles. The van der Waals surface area contributed by atoms with Crippen LogP contribution in [0.25, 0.3) is 0 Å². The molecule has 4 heteroatoms. The van der Waals surface area contributed by atoms with E-state index in [2.05, 4.69) is 49.5 Å². The lowest BCUT2D eigenvalue weighted by Crippen LogP contribution is -2.48. The first-order valence-electron chi connectivity index (χ1n) is 4.00. The van der Waals surface area contributed by atoms with Crippen LogP contribution in [0.4, 0.5) is 0 Å². The summed E-state index contributed by atoms with van der Waals surface area (Å²) in [6.45, 7) is 14.6. The second kappa shape index (κ2) is 4.20. The highest BCUT2D eigenvalue weighted by atomic mass is 28.4. The second-order valence-corrected chi connectivity index (χ2v) is 15.8. The first-order valence-corrected chi connectivity index (χ1v) is 12.0. The molecule has 0 N–H and O–H groups in total. The van der Waals surface area contributed by atoms with Crippen molar-refractivity contribution in [1.29, 1.82) is 0 Å². The topological polar surface area (TPSA) is 0 Å². The van der Waals surface area contributed by atoms with E-state index in [1.807, 2.05) is 0 Å². The maximum atomic E-state index is 4.07. The molecule has 0 heterocycles. The third-order valence-electron chi connectivity index (χ3n) is 2.25. The van der Waals surface area contributed by atoms with Crippen LogP contribution in [0.2, 0.25) is 43.2 Å². The van der Waals surface area contributed by atoms with Crippen molar-refractivity contribution in [3.05, 3.63) is 0 Å². The van der Waals surface area contributed by atoms with Gasteiger partial charge in [0.15, 0.2) is 0 Å². The number of rotatable bonds is 3. The van der Waals surface area contributed by atoms with Gasteiger partial charge in [-0.2, -0.15) is 0 Å². The Morgan fingerprint density at radius 3 is 0.909 bits per heavy atom. The van der Waals surface area contributed by atoms with Gasteiger partial charge in [-0.3, -0.25) is 0 Å². The Bertz CT molecular complexity index is 97.8. The Kier molecular flexibility index (Phi) is 4.53. The van der Waals surface area contributed by atoms with E-state index in [-0.39, 0.29) is 26.4 Å². The molecule has 0 atom stereocenters. The van der Waals surface area contributed by atoms with Crippen LogP contribution in [0.15, 0.2) is 0 Å². The number of hydrogen-bond acceptors (Lipinski definition) is 0. The minimum atomic E-state index is -0.166. The van der Waals surface area contributed by atoms with E-state index in [9.17, 15) is 0 Å². The summed E-state index contributed by atoms with van der Waals surface area (Å²) in [5.74, 6) is 0. The maximum absolute atomic E-state index is 4.07. The summed E-state index contributed by atoms with van der Waals surface area (Å²) >= 11 is 0. The summed E-state index contributed by atoms with van der Waals surface area (Å²) in [5.41, 5.74) is 0. The van der Waals surface area contributed by atoms with Gasteiger partial charge in [-0.05, 0) is 0 Å². The van der Waals surface area contributed by atoms with Gasteiger partial charge < -0.3 is 0 Å². The van der Waals surface area contributed by atoms with Crippen molar-refractivity contribution in [2.75, 3.05) is 0 Å². The molecular weight excluding hydrogens is 196 g/mol. The maximum Gasteiger partial charge on any atom is 0.0383 e. The van der Waals surface area contributed by atoms with E-state index in [1.165, 1.54) is 0 Å². The second-order valence-electron chi connectivity index (χ2n) is 3.75. The van der Waals surface area contributed by atoms with Crippen molar-refractivity contribution in [3.8, 4) is 0 Å². The van der Waals surface area contributed by atoms with Gasteiger partial charge in [0.2, 0.25) is 0 Å². The first kappa shape index (κ1) is 11.9. The van der Waals surface area contributed by atoms with E-state index in [0.717, 1.165) is 0 Å². The Labute approximate surface area is 80.0 Å². The molecule has 0 aromatic rings. The van der Waals surface area contributed by atoms with E-state index in [4.69, 9.17) is 0 Å². The molecule has 0 saturated heterocycles. The summed E-state index contributed by atoms with van der Waals surface area (Å²) in [6.07, 6.45) is 0. The smallest absolute Gasteiger partial charge is 0.0383 e. The highest BCUT2D eigenvalue weighted by Crippen LogP contribution is 2.32. The molecule has 0 saturated carbocycles. The van der Waals surface area contributed by atoms with Gasteiger partial charge in [0.05, 0.1) is 0 Å². The van der Waals surface area contributed by atoms with E-state index in [1.54, 1.807) is 0 Å². The molecule has 0 unspecified atom stereocenters. The highest BCUT2D eigenvalue weighted by molar-refractivity contribution is 7.05. The van der Waals surface area contributed by atoms with Crippen molar-refractivity contribution in [2.24, 2.45) is 0 Å². The monoisotopic (exact) mass is 214 g/mol. The molecule has 0 aliphatic heterocycles. The third-order valence-corrected chi connectivity index (χ3v) is 20.2. The average Bonchev–Trinajstić information content (AvgIpc) is 1.84. The summed E-state index contributed by atoms with van der Waals surface area (Å²) < 4.78 is 0.611. The van der Waals surface area contributed by atoms with E-state index >= 15 is 0 Å². The van der Waals surface area contributed by atoms with Crippen LogP contribution in [0.1, 0.15) is 0 Å². The van der Waals surface area contributed by atoms with Gasteiger partial charge >= 0.3 is 0 Å². The van der Waals surface area contributed by atoms with Gasteiger partial charge in [-0.25, -0.2) is 0 Å². The summed E-state index contributed by atoms with van der Waals surface area (Å²) in [7, 11) is 3.57. The highest BCUT2D eigenvalue weighted by Gasteiger charge is 2.37. The molecule has 0 nitrogen and oxygen atoms in total. The molecule has 0 aromatic heterocycles. The van der Waals surface area contributed by atoms with Gasteiger partial charge in [0.25, 0.3) is 0 Å². The van der Waals surface area contributed by atoms with Crippen molar-refractivity contribution in [1.82, 2.24) is 0 Å². The fraction of sp³-hybridized carbons (Fsp3) is 1.00. The zero-order valence-electron chi connectivity index (χ0n) is 8.50. The normalized spacial score (nSPS) is 13.6. The molecule has 11 heavy (non-hydrogen) atoms. The van der Waals surface area contributed by atoms with Crippen molar-refractivity contribution < 1.29 is 0 Å². The largest absolute Gasteiger partial charge is 0.0715 e. The molecule has 62 valence electrons. The third kappa shape index (κ3) is 2.40. The predicted molar refractivity (Wildman–Crippen MR) is 60.9 cm³/mol. The SMILES string of the molecule is C[Si](C)C([Si])([Si](C)C)[Si](C)C. The van der Waals surface area contributed by atoms with Crippen LogP contribution in [-0.2, 0) is 0 Å². The van der Waals surface area contributed by atoms with Crippen LogP contribution in [0.3, 0.4) is 0 Å². The van der Waals surface area contributed by atoms with Crippen LogP contribution >= 0.6 is 0 Å². The zero-order chi connectivity index (χ0) is 9.23. The van der Waals surface area contributed by atoms with Crippen molar-refractivity contribution in [2.45, 2.75) is 43.2 Å². The minimum absolute atomic E-state index is 0.166. The van der Waals surface area contributed by atoms with E-state index in [0.29, 0.717) is 3.91 Å². The fourth-order valence-corrected chi connectivity index (χ4v) is 13.5. The summed E-state index contributed by atoms with van der Waals surface area (Å²) in [6, 6.07) is 0. The first-order chi connectivity index (χ1) is 4.83. The Morgan fingerprint density at radius 1 is 0.727 bits per heavy atom. The Balaban J connectivity index is 4.53. The quantitative estimate of drug-likeness (QED) is 0.632. The fourth-order valence-electron chi connectivity index (χ4n) is 1.50. The summed E-state index contributed by atoms with van der Waals surface area (Å²) in [5, 5.41) is 0. The molecule has 0 aliphatic carbocycles. The lowest BCUT2D eigenvalue weighted by atomic mass is 11.7. The molecule has 0 rings (SSSR count). The number of hydrogen-bond donors (Lipinski definition) is 0. The van der Waals surface area contributed by atoms with Gasteiger partial charge in [0.1, 0.15) is 0 Å². The van der Waals surface area contributed by atoms with Crippen LogP contribution in [0.5, 0.6) is 0 Å². The molecule has 0 fully saturated rings. The molecule has 0 aliphatic rings. The van der Waals surface area contributed by atoms with Crippen LogP contribution < -0.4 is 0 Å². The van der Waals surface area contributed by atoms with Crippen LogP contribution in [0, 0.1) is 0 Å². The summed E-state index contributed by atoms with van der Waals surface area (Å²) in [4.78, 5) is 0. The Hall–Kier alpha value is 0.868. The lowest BCUT2D eigenvalue weighted by molar-refractivity contribution is 1.40. The molecule has 6 radical (unpaired) electrons. The molecular formula is C7H18Si4. The van der Waals surface area contributed by atoms with Crippen LogP contribution in [-0.4, -0.2) is 36.6 Å².